The smallest absolute Gasteiger partial charge is 0.396 e. The van der Waals surface area contributed by atoms with Crippen LogP contribution in [-0.2, 0) is 16.4 Å². The Bertz CT molecular complexity index is 1290. The van der Waals surface area contributed by atoms with Crippen molar-refractivity contribution in [2.75, 3.05) is 6.61 Å². The maximum atomic E-state index is 14.8. The minimum atomic E-state index is -4.25. The van der Waals surface area contributed by atoms with Crippen molar-refractivity contribution in [3.05, 3.63) is 79.9 Å². The molecule has 3 rings (SSSR count). The van der Waals surface area contributed by atoms with Crippen molar-refractivity contribution in [1.82, 2.24) is 14.9 Å². The Kier molecular flexibility index (Phi) is 7.19. The molecule has 8 nitrogen and oxygen atoms in total. The third kappa shape index (κ3) is 4.78. The summed E-state index contributed by atoms with van der Waals surface area (Å²) >= 11 is 6.16. The number of aliphatic hydroxyl groups is 1. The highest BCUT2D eigenvalue weighted by Gasteiger charge is 2.34. The molecule has 0 bridgehead atoms. The first kappa shape index (κ1) is 24.1. The van der Waals surface area contributed by atoms with E-state index in [2.05, 4.69) is 14.9 Å². The zero-order valence-corrected chi connectivity index (χ0v) is 19.2. The molecule has 0 fully saturated rings. The highest BCUT2D eigenvalue weighted by molar-refractivity contribution is 7.89. The Morgan fingerprint density at radius 2 is 2.00 bits per heavy atom. The molecule has 0 spiro atoms. The summed E-state index contributed by atoms with van der Waals surface area (Å²) in [6, 6.07) is 6.05. The molecule has 0 aliphatic carbocycles. The standard InChI is InChI=1S/C21H23ClFN3O5S/c1-11-7-8-16(23)18(12(11)2)13(3)19(20-24-25-21(28)31-20)26-32(29,30)17-6-4-5-15(22)14(17)9-10-27/h4-8,13,19,26-27H,9-10H2,1-3H3,(H,25,28)/t13?,19-/m0/s1. The minimum absolute atomic E-state index is 0.0131. The van der Waals surface area contributed by atoms with E-state index in [1.54, 1.807) is 19.9 Å². The van der Waals surface area contributed by atoms with Gasteiger partial charge in [0.15, 0.2) is 0 Å². The molecule has 0 radical (unpaired) electrons. The number of halogens is 2. The predicted molar refractivity (Wildman–Crippen MR) is 117 cm³/mol. The number of aliphatic hydroxyl groups excluding tert-OH is 1. The molecule has 1 heterocycles. The lowest BCUT2D eigenvalue weighted by atomic mass is 9.88. The number of aryl methyl sites for hydroxylation is 1. The Balaban J connectivity index is 2.12. The van der Waals surface area contributed by atoms with Gasteiger partial charge in [-0.3, -0.25) is 0 Å². The van der Waals surface area contributed by atoms with Crippen molar-refractivity contribution < 1.29 is 22.3 Å². The second-order valence-electron chi connectivity index (χ2n) is 7.43. The number of nitrogens with zero attached hydrogens (tertiary/aromatic N) is 1. The lowest BCUT2D eigenvalue weighted by Gasteiger charge is -2.25. The molecule has 0 amide bonds. The summed E-state index contributed by atoms with van der Waals surface area (Å²) in [4.78, 5) is 11.4. The number of aromatic nitrogens is 2. The monoisotopic (exact) mass is 483 g/mol. The predicted octanol–water partition coefficient (Wildman–Crippen LogP) is 3.13. The van der Waals surface area contributed by atoms with Crippen LogP contribution in [0.15, 0.2) is 44.4 Å². The first-order valence-electron chi connectivity index (χ1n) is 9.78. The van der Waals surface area contributed by atoms with Crippen LogP contribution < -0.4 is 10.5 Å². The van der Waals surface area contributed by atoms with Gasteiger partial charge in [-0.05, 0) is 60.7 Å². The van der Waals surface area contributed by atoms with Gasteiger partial charge in [0.1, 0.15) is 11.9 Å². The molecule has 1 aromatic heterocycles. The molecule has 0 aliphatic rings. The van der Waals surface area contributed by atoms with Crippen LogP contribution in [0.3, 0.4) is 0 Å². The molecule has 0 saturated carbocycles. The molecule has 1 unspecified atom stereocenters. The number of aromatic amines is 1. The molecule has 3 N–H and O–H groups in total. The third-order valence-corrected chi connectivity index (χ3v) is 7.30. The minimum Gasteiger partial charge on any atom is -0.396 e. The van der Waals surface area contributed by atoms with E-state index in [4.69, 9.17) is 16.0 Å². The van der Waals surface area contributed by atoms with Crippen molar-refractivity contribution in [1.29, 1.82) is 0 Å². The van der Waals surface area contributed by atoms with E-state index in [1.165, 1.54) is 24.3 Å². The van der Waals surface area contributed by atoms with E-state index in [0.29, 0.717) is 5.56 Å². The molecule has 3 aromatic rings. The van der Waals surface area contributed by atoms with Crippen LogP contribution in [0, 0.1) is 19.7 Å². The second kappa shape index (κ2) is 9.53. The summed E-state index contributed by atoms with van der Waals surface area (Å²) in [6.45, 7) is 4.84. The van der Waals surface area contributed by atoms with Gasteiger partial charge in [-0.15, -0.1) is 5.10 Å². The number of hydrogen-bond acceptors (Lipinski definition) is 6. The first-order valence-corrected chi connectivity index (χ1v) is 11.6. The molecular formula is C21H23ClFN3O5S. The molecule has 11 heteroatoms. The van der Waals surface area contributed by atoms with Crippen LogP contribution in [0.5, 0.6) is 0 Å². The first-order chi connectivity index (χ1) is 15.1. The van der Waals surface area contributed by atoms with Crippen LogP contribution in [0.4, 0.5) is 4.39 Å². The van der Waals surface area contributed by atoms with Crippen LogP contribution in [0.25, 0.3) is 0 Å². The number of nitrogens with one attached hydrogen (secondary N) is 2. The SMILES string of the molecule is Cc1ccc(F)c(C(C)[C@H](NS(=O)(=O)c2cccc(Cl)c2CCO)c2n[nH]c(=O)o2)c1C. The lowest BCUT2D eigenvalue weighted by molar-refractivity contribution is 0.298. The van der Waals surface area contributed by atoms with E-state index >= 15 is 0 Å². The van der Waals surface area contributed by atoms with Gasteiger partial charge in [0.2, 0.25) is 15.9 Å². The van der Waals surface area contributed by atoms with E-state index in [9.17, 15) is 22.7 Å². The fourth-order valence-electron chi connectivity index (χ4n) is 3.65. The van der Waals surface area contributed by atoms with Crippen LogP contribution in [-0.4, -0.2) is 30.3 Å². The number of hydrogen-bond donors (Lipinski definition) is 3. The Morgan fingerprint density at radius 1 is 1.28 bits per heavy atom. The highest BCUT2D eigenvalue weighted by atomic mass is 35.5. The normalized spacial score (nSPS) is 13.8. The summed E-state index contributed by atoms with van der Waals surface area (Å²) in [5.74, 6) is -2.43. The zero-order chi connectivity index (χ0) is 23.6. The number of rotatable bonds is 8. The Labute approximate surface area is 189 Å². The van der Waals surface area contributed by atoms with Crippen LogP contribution >= 0.6 is 11.6 Å². The summed E-state index contributed by atoms with van der Waals surface area (Å²) in [5, 5.41) is 15.4. The molecule has 32 heavy (non-hydrogen) atoms. The molecular weight excluding hydrogens is 461 g/mol. The van der Waals surface area contributed by atoms with Gasteiger partial charge in [0.25, 0.3) is 0 Å². The van der Waals surface area contributed by atoms with Crippen molar-refractivity contribution in [3.63, 3.8) is 0 Å². The quantitative estimate of drug-likeness (QED) is 0.452. The maximum Gasteiger partial charge on any atom is 0.434 e. The average Bonchev–Trinajstić information content (AvgIpc) is 3.16. The average molecular weight is 484 g/mol. The summed E-state index contributed by atoms with van der Waals surface area (Å²) in [7, 11) is -4.25. The summed E-state index contributed by atoms with van der Waals surface area (Å²) < 4.78 is 49.0. The van der Waals surface area contributed by atoms with Crippen LogP contribution in [0.1, 0.15) is 47.0 Å². The molecule has 2 atom stereocenters. The van der Waals surface area contributed by atoms with Gasteiger partial charge in [-0.25, -0.2) is 22.7 Å². The number of sulfonamides is 1. The van der Waals surface area contributed by atoms with Crippen molar-refractivity contribution in [2.24, 2.45) is 0 Å². The maximum absolute atomic E-state index is 14.8. The van der Waals surface area contributed by atoms with Gasteiger partial charge < -0.3 is 9.52 Å². The molecule has 172 valence electrons. The van der Waals surface area contributed by atoms with Gasteiger partial charge >= 0.3 is 5.76 Å². The van der Waals surface area contributed by atoms with Crippen LogP contribution in [0.2, 0.25) is 5.02 Å². The summed E-state index contributed by atoms with van der Waals surface area (Å²) in [6.07, 6.45) is 0.0131. The lowest BCUT2D eigenvalue weighted by Crippen LogP contribution is -2.33. The Hall–Kier alpha value is -2.53. The largest absolute Gasteiger partial charge is 0.434 e. The van der Waals surface area contributed by atoms with Crippen molar-refractivity contribution in [3.8, 4) is 0 Å². The Morgan fingerprint density at radius 3 is 2.62 bits per heavy atom. The molecule has 2 aromatic carbocycles. The van der Waals surface area contributed by atoms with Gasteiger partial charge in [0, 0.05) is 17.5 Å². The van der Waals surface area contributed by atoms with Crippen molar-refractivity contribution >= 4 is 21.6 Å². The van der Waals surface area contributed by atoms with E-state index < -0.39 is 33.6 Å². The number of H-pyrrole nitrogens is 1. The fraction of sp³-hybridized carbons (Fsp3) is 0.333. The van der Waals surface area contributed by atoms with E-state index in [1.807, 2.05) is 6.92 Å². The fourth-order valence-corrected chi connectivity index (χ4v) is 5.53. The van der Waals surface area contributed by atoms with E-state index in [0.717, 1.165) is 5.56 Å². The second-order valence-corrected chi connectivity index (χ2v) is 9.52. The van der Waals surface area contributed by atoms with E-state index in [-0.39, 0.29) is 40.0 Å². The third-order valence-electron chi connectivity index (χ3n) is 5.42. The van der Waals surface area contributed by atoms with Gasteiger partial charge in [-0.1, -0.05) is 30.7 Å². The van der Waals surface area contributed by atoms with Crippen molar-refractivity contribution in [2.45, 2.75) is 44.0 Å². The highest BCUT2D eigenvalue weighted by Crippen LogP contribution is 2.36. The zero-order valence-electron chi connectivity index (χ0n) is 17.6. The van der Waals surface area contributed by atoms with Gasteiger partial charge in [0.05, 0.1) is 4.90 Å². The molecule has 0 saturated heterocycles. The number of benzene rings is 2. The molecule has 0 aliphatic heterocycles. The summed E-state index contributed by atoms with van der Waals surface area (Å²) in [5.41, 5.74) is 1.96. The van der Waals surface area contributed by atoms with Gasteiger partial charge in [-0.2, -0.15) is 4.72 Å². The topological polar surface area (TPSA) is 125 Å².